The SMILES string of the molecule is COc1ccc2nc(NNC(=O)c3cc(OC)c(OC)c(OC)c3)sc2c1. The zero-order chi connectivity index (χ0) is 19.4. The van der Waals surface area contributed by atoms with Gasteiger partial charge in [0.2, 0.25) is 10.9 Å². The third-order valence-electron chi connectivity index (χ3n) is 3.81. The molecule has 0 spiro atoms. The molecule has 0 aliphatic carbocycles. The number of benzene rings is 2. The fourth-order valence-electron chi connectivity index (χ4n) is 2.48. The van der Waals surface area contributed by atoms with Gasteiger partial charge in [-0.25, -0.2) is 4.98 Å². The molecule has 2 N–H and O–H groups in total. The lowest BCUT2D eigenvalue weighted by Crippen LogP contribution is -2.29. The van der Waals surface area contributed by atoms with E-state index in [2.05, 4.69) is 15.8 Å². The molecule has 0 saturated heterocycles. The monoisotopic (exact) mass is 389 g/mol. The molecule has 0 radical (unpaired) electrons. The molecule has 1 aromatic heterocycles. The third kappa shape index (κ3) is 3.82. The number of ether oxygens (including phenoxy) is 4. The molecule has 0 aliphatic rings. The number of fused-ring (bicyclic) bond motifs is 1. The van der Waals surface area contributed by atoms with Crippen LogP contribution in [0.2, 0.25) is 0 Å². The number of hydrazine groups is 1. The van der Waals surface area contributed by atoms with Gasteiger partial charge in [-0.1, -0.05) is 11.3 Å². The van der Waals surface area contributed by atoms with Crippen molar-refractivity contribution >= 4 is 32.6 Å². The van der Waals surface area contributed by atoms with Crippen molar-refractivity contribution in [1.29, 1.82) is 0 Å². The minimum atomic E-state index is -0.369. The van der Waals surface area contributed by atoms with Gasteiger partial charge in [0.15, 0.2) is 11.5 Å². The number of anilines is 1. The van der Waals surface area contributed by atoms with Crippen molar-refractivity contribution in [3.05, 3.63) is 35.9 Å². The van der Waals surface area contributed by atoms with Crippen LogP contribution in [0.5, 0.6) is 23.0 Å². The molecule has 0 bridgehead atoms. The van der Waals surface area contributed by atoms with E-state index in [-0.39, 0.29) is 5.91 Å². The Morgan fingerprint density at radius 1 is 0.963 bits per heavy atom. The molecule has 0 unspecified atom stereocenters. The summed E-state index contributed by atoms with van der Waals surface area (Å²) in [6.07, 6.45) is 0. The second-order valence-electron chi connectivity index (χ2n) is 5.35. The summed E-state index contributed by atoms with van der Waals surface area (Å²) in [4.78, 5) is 16.9. The average molecular weight is 389 g/mol. The number of rotatable bonds is 7. The van der Waals surface area contributed by atoms with Crippen LogP contribution in [0.1, 0.15) is 10.4 Å². The van der Waals surface area contributed by atoms with E-state index >= 15 is 0 Å². The van der Waals surface area contributed by atoms with Crippen molar-refractivity contribution in [1.82, 2.24) is 10.4 Å². The molecule has 1 amide bonds. The van der Waals surface area contributed by atoms with E-state index in [4.69, 9.17) is 18.9 Å². The summed E-state index contributed by atoms with van der Waals surface area (Å²) in [6.45, 7) is 0. The second kappa shape index (κ2) is 8.00. The maximum atomic E-state index is 12.5. The number of amides is 1. The molecule has 0 saturated carbocycles. The molecule has 142 valence electrons. The maximum Gasteiger partial charge on any atom is 0.269 e. The summed E-state index contributed by atoms with van der Waals surface area (Å²) in [7, 11) is 6.10. The predicted octanol–water partition coefficient (Wildman–Crippen LogP) is 3.09. The minimum Gasteiger partial charge on any atom is -0.497 e. The Balaban J connectivity index is 1.77. The molecule has 0 atom stereocenters. The lowest BCUT2D eigenvalue weighted by Gasteiger charge is -2.14. The summed E-state index contributed by atoms with van der Waals surface area (Å²) in [5, 5.41) is 0.555. The molecule has 3 rings (SSSR count). The van der Waals surface area contributed by atoms with E-state index in [1.54, 1.807) is 19.2 Å². The van der Waals surface area contributed by atoms with Gasteiger partial charge in [-0.3, -0.25) is 15.6 Å². The number of hydrogen-bond acceptors (Lipinski definition) is 8. The Morgan fingerprint density at radius 2 is 1.67 bits per heavy atom. The van der Waals surface area contributed by atoms with Gasteiger partial charge in [-0.2, -0.15) is 0 Å². The van der Waals surface area contributed by atoms with Gasteiger partial charge in [0, 0.05) is 5.56 Å². The highest BCUT2D eigenvalue weighted by atomic mass is 32.1. The summed E-state index contributed by atoms with van der Waals surface area (Å²) < 4.78 is 21.9. The van der Waals surface area contributed by atoms with E-state index < -0.39 is 0 Å². The Labute approximate surface area is 160 Å². The third-order valence-corrected chi connectivity index (χ3v) is 4.74. The molecule has 0 fully saturated rings. The molecule has 8 nitrogen and oxygen atoms in total. The smallest absolute Gasteiger partial charge is 0.269 e. The van der Waals surface area contributed by atoms with E-state index in [1.807, 2.05) is 18.2 Å². The number of hydrogen-bond donors (Lipinski definition) is 2. The van der Waals surface area contributed by atoms with Crippen LogP contribution in [0, 0.1) is 0 Å². The van der Waals surface area contributed by atoms with Crippen molar-refractivity contribution in [2.45, 2.75) is 0 Å². The fourth-order valence-corrected chi connectivity index (χ4v) is 3.33. The van der Waals surface area contributed by atoms with Gasteiger partial charge in [-0.15, -0.1) is 0 Å². The zero-order valence-corrected chi connectivity index (χ0v) is 16.1. The summed E-state index contributed by atoms with van der Waals surface area (Å²) >= 11 is 1.40. The molecule has 2 aromatic carbocycles. The standard InChI is InChI=1S/C18H19N3O5S/c1-23-11-5-6-12-15(9-11)27-18(19-12)21-20-17(22)10-7-13(24-2)16(26-4)14(8-10)25-3/h5-9H,1-4H3,(H,19,21)(H,20,22). The number of carbonyl (C=O) groups is 1. The van der Waals surface area contributed by atoms with Crippen LogP contribution in [-0.4, -0.2) is 39.3 Å². The topological polar surface area (TPSA) is 90.9 Å². The van der Waals surface area contributed by atoms with Gasteiger partial charge in [0.05, 0.1) is 38.7 Å². The van der Waals surface area contributed by atoms with Crippen molar-refractivity contribution in [2.24, 2.45) is 0 Å². The van der Waals surface area contributed by atoms with E-state index in [0.717, 1.165) is 16.0 Å². The maximum absolute atomic E-state index is 12.5. The zero-order valence-electron chi connectivity index (χ0n) is 15.3. The first kappa shape index (κ1) is 18.6. The highest BCUT2D eigenvalue weighted by Gasteiger charge is 2.17. The highest BCUT2D eigenvalue weighted by Crippen LogP contribution is 2.38. The molecule has 1 heterocycles. The highest BCUT2D eigenvalue weighted by molar-refractivity contribution is 7.22. The second-order valence-corrected chi connectivity index (χ2v) is 6.38. The lowest BCUT2D eigenvalue weighted by molar-refractivity contribution is 0.0962. The summed E-state index contributed by atoms with van der Waals surface area (Å²) in [5.74, 6) is 1.60. The van der Waals surface area contributed by atoms with Gasteiger partial charge in [0.25, 0.3) is 5.91 Å². The first-order chi connectivity index (χ1) is 13.1. The lowest BCUT2D eigenvalue weighted by atomic mass is 10.1. The minimum absolute atomic E-state index is 0.347. The number of carbonyl (C=O) groups excluding carboxylic acids is 1. The normalized spacial score (nSPS) is 10.4. The van der Waals surface area contributed by atoms with Crippen LogP contribution >= 0.6 is 11.3 Å². The summed E-state index contributed by atoms with van der Waals surface area (Å²) in [5.41, 5.74) is 6.61. The Bertz CT molecular complexity index is 948. The van der Waals surface area contributed by atoms with E-state index in [9.17, 15) is 4.79 Å². The quantitative estimate of drug-likeness (QED) is 0.600. The van der Waals surface area contributed by atoms with Gasteiger partial charge >= 0.3 is 0 Å². The summed E-state index contributed by atoms with van der Waals surface area (Å²) in [6, 6.07) is 8.72. The van der Waals surface area contributed by atoms with Crippen molar-refractivity contribution < 1.29 is 23.7 Å². The van der Waals surface area contributed by atoms with Crippen LogP contribution < -0.4 is 29.8 Å². The Morgan fingerprint density at radius 3 is 2.26 bits per heavy atom. The number of nitrogens with zero attached hydrogens (tertiary/aromatic N) is 1. The Hall–Kier alpha value is -3.20. The first-order valence-corrected chi connectivity index (χ1v) is 8.72. The van der Waals surface area contributed by atoms with Crippen molar-refractivity contribution in [2.75, 3.05) is 33.9 Å². The van der Waals surface area contributed by atoms with Crippen LogP contribution in [0.25, 0.3) is 10.2 Å². The van der Waals surface area contributed by atoms with Crippen LogP contribution in [-0.2, 0) is 0 Å². The number of thiazole rings is 1. The van der Waals surface area contributed by atoms with Gasteiger partial charge in [-0.05, 0) is 30.3 Å². The van der Waals surface area contributed by atoms with Crippen molar-refractivity contribution in [3.63, 3.8) is 0 Å². The molecular weight excluding hydrogens is 370 g/mol. The van der Waals surface area contributed by atoms with E-state index in [0.29, 0.717) is 27.9 Å². The van der Waals surface area contributed by atoms with Gasteiger partial charge in [0.1, 0.15) is 5.75 Å². The molecule has 0 aliphatic heterocycles. The average Bonchev–Trinajstić information content (AvgIpc) is 3.12. The first-order valence-electron chi connectivity index (χ1n) is 7.90. The predicted molar refractivity (Wildman–Crippen MR) is 103 cm³/mol. The number of aromatic nitrogens is 1. The molecule has 9 heteroatoms. The van der Waals surface area contributed by atoms with Gasteiger partial charge < -0.3 is 18.9 Å². The van der Waals surface area contributed by atoms with Crippen LogP contribution in [0.15, 0.2) is 30.3 Å². The fraction of sp³-hybridized carbons (Fsp3) is 0.222. The Kier molecular flexibility index (Phi) is 5.51. The van der Waals surface area contributed by atoms with Crippen LogP contribution in [0.4, 0.5) is 5.13 Å². The van der Waals surface area contributed by atoms with E-state index in [1.165, 1.54) is 32.7 Å². The number of methoxy groups -OCH3 is 4. The largest absolute Gasteiger partial charge is 0.497 e. The molecular formula is C18H19N3O5S. The number of nitrogens with one attached hydrogen (secondary N) is 2. The molecule has 3 aromatic rings. The van der Waals surface area contributed by atoms with Crippen LogP contribution in [0.3, 0.4) is 0 Å². The van der Waals surface area contributed by atoms with Crippen molar-refractivity contribution in [3.8, 4) is 23.0 Å². The molecule has 27 heavy (non-hydrogen) atoms.